The third-order valence-electron chi connectivity index (χ3n) is 9.57. The van der Waals surface area contributed by atoms with Crippen LogP contribution in [0, 0.1) is 11.7 Å². The van der Waals surface area contributed by atoms with Gasteiger partial charge in [-0.1, -0.05) is 67.4 Å². The van der Waals surface area contributed by atoms with Crippen LogP contribution in [-0.4, -0.2) is 88.9 Å². The van der Waals surface area contributed by atoms with Gasteiger partial charge in [0.1, 0.15) is 35.1 Å². The third kappa shape index (κ3) is 9.65. The summed E-state index contributed by atoms with van der Waals surface area (Å²) in [6.45, 7) is 8.36. The summed E-state index contributed by atoms with van der Waals surface area (Å²) in [6, 6.07) is 16.8. The van der Waals surface area contributed by atoms with Gasteiger partial charge < -0.3 is 30.5 Å². The summed E-state index contributed by atoms with van der Waals surface area (Å²) in [7, 11) is 1.55. The molecule has 3 aromatic carbocycles. The van der Waals surface area contributed by atoms with Crippen molar-refractivity contribution in [3.05, 3.63) is 83.7 Å². The van der Waals surface area contributed by atoms with Gasteiger partial charge in [-0.15, -0.1) is 0 Å². The molecule has 278 valence electrons. The van der Waals surface area contributed by atoms with Crippen LogP contribution in [-0.2, 0) is 36.8 Å². The molecule has 11 nitrogen and oxygen atoms in total. The third-order valence-corrected chi connectivity index (χ3v) is 9.57. The van der Waals surface area contributed by atoms with Gasteiger partial charge >= 0.3 is 6.09 Å². The van der Waals surface area contributed by atoms with Crippen molar-refractivity contribution in [2.24, 2.45) is 5.92 Å². The van der Waals surface area contributed by atoms with Gasteiger partial charge in [0.15, 0.2) is 0 Å². The minimum atomic E-state index is -1.48. The first-order valence-electron chi connectivity index (χ1n) is 17.9. The number of carbonyl (C=O) groups is 5. The van der Waals surface area contributed by atoms with E-state index >= 15 is 0 Å². The smallest absolute Gasteiger partial charge is 0.408 e. The second-order valence-electron chi connectivity index (χ2n) is 15.4. The Morgan fingerprint density at radius 1 is 0.885 bits per heavy atom. The minimum Gasteiger partial charge on any atom is -0.444 e. The lowest BCUT2D eigenvalue weighted by atomic mass is 9.95. The van der Waals surface area contributed by atoms with E-state index in [-0.39, 0.29) is 37.2 Å². The first-order chi connectivity index (χ1) is 24.5. The van der Waals surface area contributed by atoms with Crippen LogP contribution in [0.25, 0.3) is 10.8 Å². The summed E-state index contributed by atoms with van der Waals surface area (Å²) in [4.78, 5) is 71.8. The van der Waals surface area contributed by atoms with Gasteiger partial charge in [0.25, 0.3) is 0 Å². The number of fused-ring (bicyclic) bond motifs is 1. The van der Waals surface area contributed by atoms with Crippen LogP contribution in [0.1, 0.15) is 65.0 Å². The van der Waals surface area contributed by atoms with Crippen LogP contribution in [0.4, 0.5) is 9.18 Å². The molecule has 3 atom stereocenters. The van der Waals surface area contributed by atoms with Crippen LogP contribution in [0.15, 0.2) is 66.7 Å². The van der Waals surface area contributed by atoms with E-state index in [0.717, 1.165) is 29.2 Å². The van der Waals surface area contributed by atoms with E-state index < -0.39 is 53.0 Å². The highest BCUT2D eigenvalue weighted by Crippen LogP contribution is 2.36. The lowest BCUT2D eigenvalue weighted by molar-refractivity contribution is -0.157. The summed E-state index contributed by atoms with van der Waals surface area (Å²) in [6.07, 6.45) is 1.81. The zero-order valence-electron chi connectivity index (χ0n) is 30.8. The molecule has 3 N–H and O–H groups in total. The Labute approximate surface area is 304 Å². The fourth-order valence-electron chi connectivity index (χ4n) is 6.59. The number of rotatable bonds is 12. The maximum absolute atomic E-state index is 14.6. The molecule has 5 amide bonds. The Kier molecular flexibility index (Phi) is 11.6. The van der Waals surface area contributed by atoms with Crippen LogP contribution < -0.4 is 16.0 Å². The quantitative estimate of drug-likeness (QED) is 0.253. The highest BCUT2D eigenvalue weighted by atomic mass is 19.1. The number of likely N-dealkylation sites (N-methyl/N-ethyl adjacent to an activating group) is 1. The van der Waals surface area contributed by atoms with Crippen molar-refractivity contribution in [3.63, 3.8) is 0 Å². The molecule has 12 heteroatoms. The number of nitrogens with zero attached hydrogens (tertiary/aromatic N) is 2. The fraction of sp³-hybridized carbons (Fsp3) is 0.475. The van der Waals surface area contributed by atoms with Gasteiger partial charge in [0.05, 0.1) is 0 Å². The predicted molar refractivity (Wildman–Crippen MR) is 196 cm³/mol. The van der Waals surface area contributed by atoms with E-state index in [9.17, 15) is 28.4 Å². The number of nitrogens with one attached hydrogen (secondary N) is 3. The molecule has 0 aromatic heterocycles. The van der Waals surface area contributed by atoms with Crippen LogP contribution in [0.3, 0.4) is 0 Å². The lowest BCUT2D eigenvalue weighted by Gasteiger charge is -2.44. The number of hydrogen-bond acceptors (Lipinski definition) is 6. The molecule has 0 spiro atoms. The summed E-state index contributed by atoms with van der Waals surface area (Å²) in [5, 5.41) is 10.2. The normalized spacial score (nSPS) is 17.7. The minimum absolute atomic E-state index is 0.0146. The van der Waals surface area contributed by atoms with E-state index in [2.05, 4.69) is 16.0 Å². The van der Waals surface area contributed by atoms with Gasteiger partial charge in [-0.3, -0.25) is 19.2 Å². The molecular weight excluding hydrogens is 665 g/mol. The molecule has 1 aliphatic carbocycles. The van der Waals surface area contributed by atoms with E-state index in [1.54, 1.807) is 32.7 Å². The number of alkyl carbamates (subject to hydrolysis) is 1. The van der Waals surface area contributed by atoms with Crippen LogP contribution >= 0.6 is 0 Å². The summed E-state index contributed by atoms with van der Waals surface area (Å²) in [5.74, 6) is -1.93. The Balaban J connectivity index is 1.40. The molecule has 1 heterocycles. The molecule has 1 saturated heterocycles. The van der Waals surface area contributed by atoms with Crippen LogP contribution in [0.5, 0.6) is 0 Å². The Hall–Kier alpha value is -5.00. The molecule has 3 aromatic rings. The van der Waals surface area contributed by atoms with E-state index in [4.69, 9.17) is 4.74 Å². The molecule has 2 aliphatic rings. The molecule has 0 unspecified atom stereocenters. The van der Waals surface area contributed by atoms with Crippen molar-refractivity contribution >= 4 is 40.5 Å². The van der Waals surface area contributed by atoms with Gasteiger partial charge in [0.2, 0.25) is 23.6 Å². The predicted octanol–water partition coefficient (Wildman–Crippen LogP) is 4.51. The number of amides is 5. The lowest BCUT2D eigenvalue weighted by Crippen LogP contribution is -2.66. The standard InChI is InChI=1S/C40H50FN5O6/c1-39(2,3)52-38(51)44-40(4,5)37(50)43-31(22-25-14-17-30(41)18-15-25)35(48)46-20-19-45(36(49)33(46)23-26-11-12-26)32(34(47)42-6)24-27-13-16-28-9-7-8-10-29(28)21-27/h7-10,13-18,21,26,31-33H,11-12,19-20,22-24H2,1-6H3,(H,42,47)(H,43,50)(H,44,51)/t31-,32+,33+/m1/s1. The Bertz CT molecular complexity index is 1800. The second-order valence-corrected chi connectivity index (χ2v) is 15.4. The number of piperazine rings is 1. The SMILES string of the molecule is CNC(=O)[C@H](Cc1ccc2ccccc2c1)N1CCN(C(=O)[C@@H](Cc2ccc(F)cc2)NC(=O)C(C)(C)NC(=O)OC(C)(C)C)[C@@H](CC2CC2)C1=O. The van der Waals surface area contributed by atoms with E-state index in [0.29, 0.717) is 18.4 Å². The monoisotopic (exact) mass is 715 g/mol. The molecule has 0 radical (unpaired) electrons. The number of halogens is 1. The molecule has 52 heavy (non-hydrogen) atoms. The van der Waals surface area contributed by atoms with Gasteiger partial charge in [-0.05, 0) is 81.0 Å². The Morgan fingerprint density at radius 3 is 2.17 bits per heavy atom. The first kappa shape index (κ1) is 38.2. The summed E-state index contributed by atoms with van der Waals surface area (Å²) >= 11 is 0. The number of carbonyl (C=O) groups excluding carboxylic acids is 5. The van der Waals surface area contributed by atoms with Gasteiger partial charge in [-0.2, -0.15) is 0 Å². The molecule has 5 rings (SSSR count). The van der Waals surface area contributed by atoms with Crippen molar-refractivity contribution in [2.45, 2.75) is 96.0 Å². The number of hydrogen-bond donors (Lipinski definition) is 3. The van der Waals surface area contributed by atoms with Crippen molar-refractivity contribution in [2.75, 3.05) is 20.1 Å². The fourth-order valence-corrected chi connectivity index (χ4v) is 6.59. The summed E-state index contributed by atoms with van der Waals surface area (Å²) < 4.78 is 19.2. The maximum Gasteiger partial charge on any atom is 0.408 e. The number of ether oxygens (including phenoxy) is 1. The number of benzene rings is 3. The van der Waals surface area contributed by atoms with Crippen molar-refractivity contribution < 1.29 is 33.1 Å². The Morgan fingerprint density at radius 2 is 1.54 bits per heavy atom. The highest BCUT2D eigenvalue weighted by Gasteiger charge is 2.46. The average molecular weight is 716 g/mol. The molecular formula is C40H50FN5O6. The van der Waals surface area contributed by atoms with Crippen molar-refractivity contribution in [3.8, 4) is 0 Å². The van der Waals surface area contributed by atoms with Crippen molar-refractivity contribution in [1.29, 1.82) is 0 Å². The highest BCUT2D eigenvalue weighted by molar-refractivity contribution is 5.97. The molecule has 0 bridgehead atoms. The molecule has 1 aliphatic heterocycles. The van der Waals surface area contributed by atoms with E-state index in [1.165, 1.54) is 43.0 Å². The maximum atomic E-state index is 14.6. The molecule has 2 fully saturated rings. The topological polar surface area (TPSA) is 137 Å². The second kappa shape index (κ2) is 15.7. The zero-order chi connectivity index (χ0) is 37.8. The van der Waals surface area contributed by atoms with Gasteiger partial charge in [0, 0.05) is 33.0 Å². The van der Waals surface area contributed by atoms with E-state index in [1.807, 2.05) is 42.5 Å². The van der Waals surface area contributed by atoms with Gasteiger partial charge in [-0.25, -0.2) is 9.18 Å². The average Bonchev–Trinajstić information content (AvgIpc) is 3.91. The summed E-state index contributed by atoms with van der Waals surface area (Å²) in [5.41, 5.74) is -0.775. The first-order valence-corrected chi connectivity index (χ1v) is 17.9. The molecule has 1 saturated carbocycles. The van der Waals surface area contributed by atoms with Crippen molar-refractivity contribution in [1.82, 2.24) is 25.8 Å². The van der Waals surface area contributed by atoms with Crippen LogP contribution in [0.2, 0.25) is 0 Å². The largest absolute Gasteiger partial charge is 0.444 e. The zero-order valence-corrected chi connectivity index (χ0v) is 30.8.